The Labute approximate surface area is 448 Å². The molecule has 392 valence electrons. The molecule has 15 nitrogen and oxygen atoms in total. The lowest BCUT2D eigenvalue weighted by Gasteiger charge is -2.34. The molecule has 0 fully saturated rings. The highest BCUT2D eigenvalue weighted by Crippen LogP contribution is 2.56. The highest BCUT2D eigenvalue weighted by molar-refractivity contribution is 6.11. The van der Waals surface area contributed by atoms with Crippen LogP contribution in [0.25, 0.3) is 33.4 Å². The van der Waals surface area contributed by atoms with Crippen molar-refractivity contribution in [3.8, 4) is 67.9 Å². The minimum absolute atomic E-state index is 0.00811. The summed E-state index contributed by atoms with van der Waals surface area (Å²) in [5, 5.41) is 82.2. The summed E-state index contributed by atoms with van der Waals surface area (Å²) in [6.07, 6.45) is -1.93. The molecule has 9 aromatic rings. The summed E-state index contributed by atoms with van der Waals surface area (Å²) >= 11 is 0. The van der Waals surface area contributed by atoms with Crippen molar-refractivity contribution < 1.29 is 54.8 Å². The van der Waals surface area contributed by atoms with E-state index in [0.29, 0.717) is 34.0 Å². The van der Waals surface area contributed by atoms with Crippen molar-refractivity contribution in [2.45, 2.75) is 17.6 Å². The fourth-order valence-electron chi connectivity index (χ4n) is 9.91. The molecule has 10 rings (SSSR count). The maximum Gasteiger partial charge on any atom is 0.336 e. The Morgan fingerprint density at radius 3 is 1.33 bits per heavy atom. The number of anilines is 4. The van der Waals surface area contributed by atoms with Crippen LogP contribution < -0.4 is 31.2 Å². The summed E-state index contributed by atoms with van der Waals surface area (Å²) in [4.78, 5) is 24.8. The number of ether oxygens (including phenoxy) is 2. The molecule has 78 heavy (non-hydrogen) atoms. The molecule has 15 heteroatoms. The maximum absolute atomic E-state index is 13.1. The third kappa shape index (κ3) is 10.5. The molecule has 0 spiro atoms. The van der Waals surface area contributed by atoms with E-state index in [2.05, 4.69) is 40.2 Å². The summed E-state index contributed by atoms with van der Waals surface area (Å²) in [6, 6.07) is 57.4. The van der Waals surface area contributed by atoms with Gasteiger partial charge in [0.25, 0.3) is 5.91 Å². The molecular weight excluding hydrogens is 989 g/mol. The first kappa shape index (κ1) is 51.5. The lowest BCUT2D eigenvalue weighted by molar-refractivity contribution is 0.0692. The average Bonchev–Trinajstić information content (AvgIpc) is 3.90. The summed E-state index contributed by atoms with van der Waals surface area (Å²) in [6.45, 7) is 0.00243. The van der Waals surface area contributed by atoms with E-state index in [0.717, 1.165) is 44.5 Å². The van der Waals surface area contributed by atoms with Crippen molar-refractivity contribution in [1.82, 2.24) is 0 Å². The number of aromatic hydroxyl groups is 4. The van der Waals surface area contributed by atoms with Crippen LogP contribution in [-0.2, 0) is 5.41 Å². The zero-order chi connectivity index (χ0) is 54.5. The van der Waals surface area contributed by atoms with Gasteiger partial charge in [0.05, 0.1) is 39.3 Å². The van der Waals surface area contributed by atoms with E-state index in [1.165, 1.54) is 42.5 Å². The van der Waals surface area contributed by atoms with Crippen LogP contribution in [0.1, 0.15) is 43.0 Å². The van der Waals surface area contributed by atoms with Gasteiger partial charge in [-0.15, -0.1) is 0 Å². The van der Waals surface area contributed by atoms with E-state index in [4.69, 9.17) is 15.2 Å². The number of hydrogen-bond acceptors (Lipinski definition) is 13. The minimum Gasteiger partial charge on any atom is -0.506 e. The number of aromatic carboxylic acids is 1. The Morgan fingerprint density at radius 1 is 0.474 bits per heavy atom. The number of fused-ring (bicyclic) bond motifs is 3. The van der Waals surface area contributed by atoms with Gasteiger partial charge in [-0.1, -0.05) is 109 Å². The molecule has 0 aliphatic heterocycles. The molecule has 0 radical (unpaired) electrons. The number of benzene rings is 9. The van der Waals surface area contributed by atoms with Gasteiger partial charge in [-0.2, -0.15) is 0 Å². The van der Waals surface area contributed by atoms with Crippen molar-refractivity contribution in [3.05, 3.63) is 228 Å². The number of phenols is 4. The third-order valence-corrected chi connectivity index (χ3v) is 13.8. The van der Waals surface area contributed by atoms with Gasteiger partial charge in [0.2, 0.25) is 0 Å². The average molecular weight is 1040 g/mol. The Bertz CT molecular complexity index is 3630. The molecule has 0 saturated carbocycles. The molecule has 9 aromatic carbocycles. The van der Waals surface area contributed by atoms with Gasteiger partial charge in [-0.3, -0.25) is 4.79 Å². The minimum atomic E-state index is -1.26. The summed E-state index contributed by atoms with van der Waals surface area (Å²) < 4.78 is 12.2. The van der Waals surface area contributed by atoms with Crippen LogP contribution in [0.4, 0.5) is 22.7 Å². The van der Waals surface area contributed by atoms with Crippen molar-refractivity contribution in [2.24, 2.45) is 0 Å². The van der Waals surface area contributed by atoms with E-state index in [9.17, 15) is 45.3 Å². The standard InChI is InChI=1S/C63H54N4O11/c64-53-29-37(13-25-57(53)70)38-14-26-58(71)54(30-38)65-33-43(68)35-77-45-21-17-41(18-22-45)63(51-11-5-3-7-47(51)48-8-4-6-12-52(48)63)42-19-23-46(24-20-42)78-36-44(69)34-66-55-31-39(15-27-59(55)72)40-16-28-60(73)56(32-40)67-61(74)49-9-1-2-10-50(49)62(75)76/h1-32,43-44,65-66,68-73H,33-36,64H2,(H,67,74)(H,75,76). The first-order chi connectivity index (χ1) is 37.8. The second-order valence-electron chi connectivity index (χ2n) is 18.9. The molecular formula is C63H54N4O11. The molecule has 2 atom stereocenters. The van der Waals surface area contributed by atoms with Crippen LogP contribution >= 0.6 is 0 Å². The molecule has 0 saturated heterocycles. The number of nitrogens with two attached hydrogens (primary N) is 1. The summed E-state index contributed by atoms with van der Waals surface area (Å²) in [5.74, 6) is -1.21. The fourth-order valence-corrected chi connectivity index (χ4v) is 9.91. The number of carbonyl (C=O) groups excluding carboxylic acids is 1. The Kier molecular flexibility index (Phi) is 14.6. The number of aliphatic hydroxyl groups excluding tert-OH is 2. The van der Waals surface area contributed by atoms with E-state index < -0.39 is 29.5 Å². The number of nitrogens with one attached hydrogen (secondary N) is 3. The SMILES string of the molecule is Nc1cc(-c2ccc(O)c(NCC(O)COc3ccc(C4(c5ccc(OCC(O)CNc6cc(-c7ccc(O)c(NC(=O)c8ccccc8C(=O)O)c7)ccc6O)cc5)c5ccccc5-c5ccccc54)cc3)c2)ccc1O. The molecule has 1 amide bonds. The van der Waals surface area contributed by atoms with Gasteiger partial charge in [-0.25, -0.2) is 4.79 Å². The van der Waals surface area contributed by atoms with Crippen LogP contribution in [0.5, 0.6) is 34.5 Å². The largest absolute Gasteiger partial charge is 0.506 e. The van der Waals surface area contributed by atoms with Crippen molar-refractivity contribution in [3.63, 3.8) is 0 Å². The number of hydrogen-bond donors (Lipinski definition) is 11. The lowest BCUT2D eigenvalue weighted by Crippen LogP contribution is -2.29. The van der Waals surface area contributed by atoms with Gasteiger partial charge in [0.15, 0.2) is 0 Å². The van der Waals surface area contributed by atoms with Crippen LogP contribution in [0.15, 0.2) is 194 Å². The first-order valence-electron chi connectivity index (χ1n) is 25.0. The predicted molar refractivity (Wildman–Crippen MR) is 300 cm³/mol. The lowest BCUT2D eigenvalue weighted by atomic mass is 9.68. The molecule has 0 aromatic heterocycles. The number of carboxylic acid groups (broad SMARTS) is 1. The number of aliphatic hydroxyl groups is 2. The van der Waals surface area contributed by atoms with Crippen LogP contribution in [-0.4, -0.2) is 86.1 Å². The highest BCUT2D eigenvalue weighted by atomic mass is 16.5. The Hall–Kier alpha value is -9.96. The first-order valence-corrected chi connectivity index (χ1v) is 25.0. The number of phenolic OH excluding ortho intramolecular Hbond substituents is 4. The molecule has 2 unspecified atom stereocenters. The van der Waals surface area contributed by atoms with E-state index >= 15 is 0 Å². The summed E-state index contributed by atoms with van der Waals surface area (Å²) in [5.41, 5.74) is 15.0. The quantitative estimate of drug-likeness (QED) is 0.0266. The van der Waals surface area contributed by atoms with Crippen LogP contribution in [0.3, 0.4) is 0 Å². The molecule has 1 aliphatic carbocycles. The number of rotatable bonds is 19. The second kappa shape index (κ2) is 22.1. The van der Waals surface area contributed by atoms with Crippen molar-refractivity contribution >= 4 is 34.6 Å². The smallest absolute Gasteiger partial charge is 0.336 e. The molecule has 12 N–H and O–H groups in total. The van der Waals surface area contributed by atoms with Gasteiger partial charge < -0.3 is 66.9 Å². The Morgan fingerprint density at radius 2 is 0.872 bits per heavy atom. The third-order valence-electron chi connectivity index (χ3n) is 13.8. The van der Waals surface area contributed by atoms with E-state index in [1.54, 1.807) is 54.6 Å². The van der Waals surface area contributed by atoms with Gasteiger partial charge in [0, 0.05) is 13.1 Å². The summed E-state index contributed by atoms with van der Waals surface area (Å²) in [7, 11) is 0. The van der Waals surface area contributed by atoms with E-state index in [1.807, 2.05) is 72.8 Å². The van der Waals surface area contributed by atoms with Crippen molar-refractivity contribution in [2.75, 3.05) is 48.0 Å². The monoisotopic (exact) mass is 1040 g/mol. The van der Waals surface area contributed by atoms with Crippen LogP contribution in [0.2, 0.25) is 0 Å². The van der Waals surface area contributed by atoms with Gasteiger partial charge in [-0.05, 0) is 141 Å². The fraction of sp³-hybridized carbons (Fsp3) is 0.111. The normalized spacial score (nSPS) is 12.8. The topological polar surface area (TPSA) is 256 Å². The number of carbonyl (C=O) groups is 2. The zero-order valence-electron chi connectivity index (χ0n) is 41.8. The molecule has 0 bridgehead atoms. The van der Waals surface area contributed by atoms with E-state index in [-0.39, 0.29) is 71.8 Å². The highest BCUT2D eigenvalue weighted by Gasteiger charge is 2.46. The van der Waals surface area contributed by atoms with Crippen molar-refractivity contribution in [1.29, 1.82) is 0 Å². The number of carboxylic acids is 1. The second-order valence-corrected chi connectivity index (χ2v) is 18.9. The zero-order valence-corrected chi connectivity index (χ0v) is 41.8. The molecule has 1 aliphatic rings. The number of amides is 1. The maximum atomic E-state index is 13.1. The van der Waals surface area contributed by atoms with Gasteiger partial charge in [0.1, 0.15) is 59.9 Å². The predicted octanol–water partition coefficient (Wildman–Crippen LogP) is 10.4. The Balaban J connectivity index is 0.797. The van der Waals surface area contributed by atoms with Crippen LogP contribution in [0, 0.1) is 0 Å². The van der Waals surface area contributed by atoms with Gasteiger partial charge >= 0.3 is 5.97 Å². The number of nitrogen functional groups attached to an aromatic ring is 1. The molecule has 0 heterocycles.